The van der Waals surface area contributed by atoms with Gasteiger partial charge in [-0.1, -0.05) is 54.6 Å². The molecule has 0 atom stereocenters. The molecule has 0 saturated carbocycles. The molecule has 0 aliphatic heterocycles. The number of ether oxygens (including phenoxy) is 1. The lowest BCUT2D eigenvalue weighted by Crippen LogP contribution is -2.21. The van der Waals surface area contributed by atoms with Crippen LogP contribution in [0.4, 0.5) is 5.69 Å². The topological polar surface area (TPSA) is 95.9 Å². The summed E-state index contributed by atoms with van der Waals surface area (Å²) >= 11 is 0. The molecular formula is C23H17NO5. The fourth-order valence-corrected chi connectivity index (χ4v) is 3.17. The molecule has 0 aliphatic carbocycles. The highest BCUT2D eigenvalue weighted by atomic mass is 16.5. The van der Waals surface area contributed by atoms with Crippen molar-refractivity contribution in [3.63, 3.8) is 0 Å². The molecule has 4 aromatic rings. The zero-order chi connectivity index (χ0) is 20.4. The molecule has 0 radical (unpaired) electrons. The monoisotopic (exact) mass is 387 g/mol. The SMILES string of the molecule is O=C(COC(=O)c1cc(O)c2ccccc2c1O)Nc1ccc2ccccc2c1. The minimum atomic E-state index is -0.905. The summed E-state index contributed by atoms with van der Waals surface area (Å²) in [5.41, 5.74) is 0.371. The molecule has 6 nitrogen and oxygen atoms in total. The Hall–Kier alpha value is -4.06. The number of benzene rings is 4. The van der Waals surface area contributed by atoms with Gasteiger partial charge in [0.1, 0.15) is 17.1 Å². The Morgan fingerprint density at radius 2 is 1.52 bits per heavy atom. The van der Waals surface area contributed by atoms with Gasteiger partial charge in [0.25, 0.3) is 5.91 Å². The van der Waals surface area contributed by atoms with Crippen LogP contribution >= 0.6 is 0 Å². The molecule has 4 rings (SSSR count). The van der Waals surface area contributed by atoms with Crippen LogP contribution in [0.2, 0.25) is 0 Å². The van der Waals surface area contributed by atoms with Gasteiger partial charge in [-0.25, -0.2) is 4.79 Å². The first-order valence-electron chi connectivity index (χ1n) is 8.92. The third kappa shape index (κ3) is 3.68. The van der Waals surface area contributed by atoms with Crippen LogP contribution in [-0.4, -0.2) is 28.7 Å². The van der Waals surface area contributed by atoms with Gasteiger partial charge in [-0.3, -0.25) is 4.79 Å². The number of rotatable bonds is 4. The number of aromatic hydroxyl groups is 2. The summed E-state index contributed by atoms with van der Waals surface area (Å²) in [6.45, 7) is -0.529. The molecule has 6 heteroatoms. The van der Waals surface area contributed by atoms with Crippen molar-refractivity contribution in [2.45, 2.75) is 0 Å². The molecule has 29 heavy (non-hydrogen) atoms. The molecule has 0 fully saturated rings. The molecule has 0 heterocycles. The fourth-order valence-electron chi connectivity index (χ4n) is 3.17. The van der Waals surface area contributed by atoms with E-state index in [1.54, 1.807) is 30.3 Å². The molecule has 0 spiro atoms. The maximum Gasteiger partial charge on any atom is 0.342 e. The lowest BCUT2D eigenvalue weighted by atomic mass is 10.0. The lowest BCUT2D eigenvalue weighted by Gasteiger charge is -2.10. The zero-order valence-electron chi connectivity index (χ0n) is 15.3. The Bertz CT molecular complexity index is 1250. The largest absolute Gasteiger partial charge is 0.507 e. The summed E-state index contributed by atoms with van der Waals surface area (Å²) in [7, 11) is 0. The second-order valence-corrected chi connectivity index (χ2v) is 6.52. The van der Waals surface area contributed by atoms with Gasteiger partial charge in [0.2, 0.25) is 0 Å². The Kier molecular flexibility index (Phi) is 4.75. The first-order valence-corrected chi connectivity index (χ1v) is 8.92. The van der Waals surface area contributed by atoms with Crippen molar-refractivity contribution in [1.29, 1.82) is 0 Å². The van der Waals surface area contributed by atoms with Gasteiger partial charge < -0.3 is 20.3 Å². The van der Waals surface area contributed by atoms with Gasteiger partial charge in [0.05, 0.1) is 0 Å². The van der Waals surface area contributed by atoms with Crippen molar-refractivity contribution in [2.24, 2.45) is 0 Å². The number of hydrogen-bond donors (Lipinski definition) is 3. The molecule has 0 saturated heterocycles. The van der Waals surface area contributed by atoms with Gasteiger partial charge in [-0.05, 0) is 29.0 Å². The van der Waals surface area contributed by atoms with E-state index in [4.69, 9.17) is 4.74 Å². The van der Waals surface area contributed by atoms with Crippen LogP contribution in [0.25, 0.3) is 21.5 Å². The van der Waals surface area contributed by atoms with Gasteiger partial charge >= 0.3 is 5.97 Å². The number of phenolic OH excluding ortho intramolecular Hbond substituents is 2. The highest BCUT2D eigenvalue weighted by Crippen LogP contribution is 2.35. The Morgan fingerprint density at radius 3 is 2.31 bits per heavy atom. The smallest absolute Gasteiger partial charge is 0.342 e. The summed E-state index contributed by atoms with van der Waals surface area (Å²) in [5.74, 6) is -1.89. The van der Waals surface area contributed by atoms with Crippen LogP contribution in [0, 0.1) is 0 Å². The number of anilines is 1. The summed E-state index contributed by atoms with van der Waals surface area (Å²) in [6, 6.07) is 20.9. The maximum atomic E-state index is 12.3. The molecule has 0 unspecified atom stereocenters. The fraction of sp³-hybridized carbons (Fsp3) is 0.0435. The van der Waals surface area contributed by atoms with Crippen LogP contribution in [0.15, 0.2) is 72.8 Å². The number of esters is 1. The normalized spacial score (nSPS) is 10.8. The van der Waals surface area contributed by atoms with E-state index in [1.165, 1.54) is 0 Å². The standard InChI is InChI=1S/C23H17NO5/c25-20-12-19(22(27)18-8-4-3-7-17(18)20)23(28)29-13-21(26)24-16-10-9-14-5-1-2-6-15(14)11-16/h1-12,25,27H,13H2,(H,24,26). The Balaban J connectivity index is 1.45. The van der Waals surface area contributed by atoms with E-state index in [2.05, 4.69) is 5.32 Å². The van der Waals surface area contributed by atoms with E-state index in [1.807, 2.05) is 36.4 Å². The molecule has 0 bridgehead atoms. The van der Waals surface area contributed by atoms with Gasteiger partial charge in [-0.2, -0.15) is 0 Å². The molecule has 3 N–H and O–H groups in total. The van der Waals surface area contributed by atoms with Crippen LogP contribution in [0.3, 0.4) is 0 Å². The van der Waals surface area contributed by atoms with Crippen molar-refractivity contribution >= 4 is 39.1 Å². The van der Waals surface area contributed by atoms with E-state index >= 15 is 0 Å². The van der Waals surface area contributed by atoms with Crippen LogP contribution < -0.4 is 5.32 Å². The second-order valence-electron chi connectivity index (χ2n) is 6.52. The van der Waals surface area contributed by atoms with E-state index in [9.17, 15) is 19.8 Å². The van der Waals surface area contributed by atoms with E-state index in [0.717, 1.165) is 16.8 Å². The van der Waals surface area contributed by atoms with E-state index in [-0.39, 0.29) is 17.1 Å². The minimum absolute atomic E-state index is 0.161. The van der Waals surface area contributed by atoms with E-state index < -0.39 is 18.5 Å². The predicted octanol–water partition coefficient (Wildman–Crippen LogP) is 4.20. The Morgan fingerprint density at radius 1 is 0.828 bits per heavy atom. The molecule has 0 aromatic heterocycles. The Labute approximate surface area is 166 Å². The highest BCUT2D eigenvalue weighted by molar-refractivity contribution is 6.04. The van der Waals surface area contributed by atoms with Gasteiger partial charge in [-0.15, -0.1) is 0 Å². The minimum Gasteiger partial charge on any atom is -0.507 e. The maximum absolute atomic E-state index is 12.3. The third-order valence-corrected chi connectivity index (χ3v) is 4.58. The van der Waals surface area contributed by atoms with Crippen molar-refractivity contribution < 1.29 is 24.5 Å². The zero-order valence-corrected chi connectivity index (χ0v) is 15.3. The number of carbonyl (C=O) groups is 2. The lowest BCUT2D eigenvalue weighted by molar-refractivity contribution is -0.119. The molecule has 144 valence electrons. The summed E-state index contributed by atoms with van der Waals surface area (Å²) in [5, 5.41) is 25.8. The number of carbonyl (C=O) groups excluding carboxylic acids is 2. The van der Waals surface area contributed by atoms with Crippen molar-refractivity contribution in [3.8, 4) is 11.5 Å². The number of hydrogen-bond acceptors (Lipinski definition) is 5. The second kappa shape index (κ2) is 7.52. The molecular weight excluding hydrogens is 370 g/mol. The molecule has 0 aliphatic rings. The van der Waals surface area contributed by atoms with Crippen molar-refractivity contribution in [2.75, 3.05) is 11.9 Å². The average molecular weight is 387 g/mol. The summed E-state index contributed by atoms with van der Waals surface area (Å²) in [6.07, 6.45) is 0. The van der Waals surface area contributed by atoms with Crippen LogP contribution in [0.5, 0.6) is 11.5 Å². The molecule has 1 amide bonds. The first-order chi connectivity index (χ1) is 14.0. The first kappa shape index (κ1) is 18.3. The van der Waals surface area contributed by atoms with Crippen molar-refractivity contribution in [1.82, 2.24) is 0 Å². The van der Waals surface area contributed by atoms with Gasteiger partial charge in [0, 0.05) is 16.5 Å². The summed E-state index contributed by atoms with van der Waals surface area (Å²) < 4.78 is 5.01. The average Bonchev–Trinajstić information content (AvgIpc) is 2.74. The van der Waals surface area contributed by atoms with Crippen LogP contribution in [0.1, 0.15) is 10.4 Å². The number of fused-ring (bicyclic) bond motifs is 2. The number of nitrogens with one attached hydrogen (secondary N) is 1. The van der Waals surface area contributed by atoms with Gasteiger partial charge in [0.15, 0.2) is 6.61 Å². The molecule has 4 aromatic carbocycles. The number of phenols is 2. The third-order valence-electron chi connectivity index (χ3n) is 4.58. The van der Waals surface area contributed by atoms with Crippen molar-refractivity contribution in [3.05, 3.63) is 78.4 Å². The number of amides is 1. The van der Waals surface area contributed by atoms with E-state index in [0.29, 0.717) is 16.5 Å². The highest BCUT2D eigenvalue weighted by Gasteiger charge is 2.19. The quantitative estimate of drug-likeness (QED) is 0.360. The predicted molar refractivity (Wildman–Crippen MR) is 110 cm³/mol. The van der Waals surface area contributed by atoms with Crippen LogP contribution in [-0.2, 0) is 9.53 Å². The summed E-state index contributed by atoms with van der Waals surface area (Å²) in [4.78, 5) is 24.5.